The minimum absolute atomic E-state index is 0.0830. The maximum absolute atomic E-state index is 11.3. The molecule has 0 fully saturated rings. The Morgan fingerprint density at radius 1 is 1.33 bits per heavy atom. The maximum Gasteiger partial charge on any atom is 0.192 e. The van der Waals surface area contributed by atoms with Gasteiger partial charge in [0.1, 0.15) is 5.78 Å². The number of hydrogen-bond donors (Lipinski definition) is 0. The molecule has 2 nitrogen and oxygen atoms in total. The molecule has 0 heterocycles. The summed E-state index contributed by atoms with van der Waals surface area (Å²) in [6.45, 7) is 14.9. The lowest BCUT2D eigenvalue weighted by atomic mass is 10.1. The summed E-state index contributed by atoms with van der Waals surface area (Å²) < 4.78 is 6.34. The second-order valence-electron chi connectivity index (χ2n) is 6.55. The van der Waals surface area contributed by atoms with Gasteiger partial charge in [-0.3, -0.25) is 4.79 Å². The molecular weight excluding hydrogens is 240 g/mol. The third-order valence-corrected chi connectivity index (χ3v) is 8.21. The summed E-state index contributed by atoms with van der Waals surface area (Å²) >= 11 is 0. The van der Waals surface area contributed by atoms with Crippen LogP contribution in [-0.4, -0.2) is 20.2 Å². The molecule has 0 amide bonds. The molecule has 0 saturated carbocycles. The highest BCUT2D eigenvalue weighted by Crippen LogP contribution is 2.38. The molecule has 0 bridgehead atoms. The number of rotatable bonds is 7. The number of allylic oxidation sites excluding steroid dienone is 2. The molecule has 0 radical (unpaired) electrons. The maximum atomic E-state index is 11.3. The van der Waals surface area contributed by atoms with Crippen LogP contribution in [0.15, 0.2) is 12.2 Å². The van der Waals surface area contributed by atoms with E-state index in [0.717, 1.165) is 12.8 Å². The van der Waals surface area contributed by atoms with Gasteiger partial charge in [0.25, 0.3) is 0 Å². The highest BCUT2D eigenvalue weighted by atomic mass is 28.4. The van der Waals surface area contributed by atoms with Crippen LogP contribution in [0.3, 0.4) is 0 Å². The third-order valence-electron chi connectivity index (χ3n) is 3.67. The average molecular weight is 270 g/mol. The number of Topliss-reactive ketones (excluding diaryl/α,β-unsaturated/α-hetero) is 1. The van der Waals surface area contributed by atoms with Crippen molar-refractivity contribution >= 4 is 14.1 Å². The quantitative estimate of drug-likeness (QED) is 0.494. The van der Waals surface area contributed by atoms with Crippen LogP contribution >= 0.6 is 0 Å². The molecule has 1 atom stereocenters. The van der Waals surface area contributed by atoms with Crippen molar-refractivity contribution in [2.75, 3.05) is 0 Å². The Hall–Kier alpha value is -0.413. The lowest BCUT2D eigenvalue weighted by molar-refractivity contribution is -0.118. The molecule has 0 N–H and O–H groups in total. The largest absolute Gasteiger partial charge is 0.413 e. The molecule has 0 aromatic carbocycles. The molecule has 0 aromatic rings. The Bertz CT molecular complexity index is 287. The molecule has 18 heavy (non-hydrogen) atoms. The summed E-state index contributed by atoms with van der Waals surface area (Å²) in [4.78, 5) is 11.3. The number of carbonyl (C=O) groups is 1. The molecule has 0 aromatic heterocycles. The molecule has 0 aliphatic heterocycles. The SMILES string of the molecule is C/C=C/CC[C@H](CC(C)=O)O[Si](C)(C)C(C)(C)C. The normalized spacial score (nSPS) is 15.1. The molecule has 3 heteroatoms. The fraction of sp³-hybridized carbons (Fsp3) is 0.800. The van der Waals surface area contributed by atoms with Crippen molar-refractivity contribution in [3.8, 4) is 0 Å². The van der Waals surface area contributed by atoms with Crippen LogP contribution in [-0.2, 0) is 9.22 Å². The highest BCUT2D eigenvalue weighted by Gasteiger charge is 2.39. The number of carbonyl (C=O) groups excluding carboxylic acids is 1. The fourth-order valence-corrected chi connectivity index (χ4v) is 2.95. The Kier molecular flexibility index (Phi) is 7.08. The second-order valence-corrected chi connectivity index (χ2v) is 11.3. The molecular formula is C15H30O2Si. The molecule has 0 aliphatic carbocycles. The zero-order valence-electron chi connectivity index (χ0n) is 13.2. The smallest absolute Gasteiger partial charge is 0.192 e. The number of ketones is 1. The van der Waals surface area contributed by atoms with E-state index in [1.54, 1.807) is 6.92 Å². The number of hydrogen-bond acceptors (Lipinski definition) is 2. The van der Waals surface area contributed by atoms with Crippen LogP contribution in [0.2, 0.25) is 18.1 Å². The summed E-state index contributed by atoms with van der Waals surface area (Å²) in [5.41, 5.74) is 0. The van der Waals surface area contributed by atoms with Crippen molar-refractivity contribution in [2.45, 2.75) is 78.1 Å². The van der Waals surface area contributed by atoms with Gasteiger partial charge in [-0.25, -0.2) is 0 Å². The van der Waals surface area contributed by atoms with E-state index < -0.39 is 8.32 Å². The fourth-order valence-electron chi connectivity index (χ4n) is 1.57. The summed E-state index contributed by atoms with van der Waals surface area (Å²) in [6.07, 6.45) is 6.75. The van der Waals surface area contributed by atoms with Crippen molar-refractivity contribution in [3.63, 3.8) is 0 Å². The molecule has 0 rings (SSSR count). The van der Waals surface area contributed by atoms with Crippen LogP contribution in [0.25, 0.3) is 0 Å². The highest BCUT2D eigenvalue weighted by molar-refractivity contribution is 6.74. The van der Waals surface area contributed by atoms with E-state index in [1.807, 2.05) is 6.92 Å². The standard InChI is InChI=1S/C15H30O2Si/c1-8-9-10-11-14(12-13(2)16)17-18(6,7)15(3,4)5/h8-9,14H,10-12H2,1-7H3/b9-8+/t14-/m1/s1. The molecule has 106 valence electrons. The van der Waals surface area contributed by atoms with Crippen molar-refractivity contribution in [1.82, 2.24) is 0 Å². The summed E-state index contributed by atoms with van der Waals surface area (Å²) in [7, 11) is -1.77. The Labute approximate surface area is 114 Å². The molecule has 0 aliphatic rings. The minimum atomic E-state index is -1.77. The molecule has 0 unspecified atom stereocenters. The zero-order valence-corrected chi connectivity index (χ0v) is 14.2. The van der Waals surface area contributed by atoms with E-state index in [1.165, 1.54) is 0 Å². The predicted octanol–water partition coefficient (Wildman–Crippen LogP) is 4.71. The lowest BCUT2D eigenvalue weighted by Gasteiger charge is -2.39. The summed E-state index contributed by atoms with van der Waals surface area (Å²) in [6, 6.07) is 0. The third kappa shape index (κ3) is 6.50. The van der Waals surface area contributed by atoms with Gasteiger partial charge in [-0.1, -0.05) is 32.9 Å². The van der Waals surface area contributed by atoms with Gasteiger partial charge in [-0.15, -0.1) is 0 Å². The van der Waals surface area contributed by atoms with Crippen molar-refractivity contribution < 1.29 is 9.22 Å². The van der Waals surface area contributed by atoms with Gasteiger partial charge in [0, 0.05) is 6.42 Å². The lowest BCUT2D eigenvalue weighted by Crippen LogP contribution is -2.44. The van der Waals surface area contributed by atoms with Gasteiger partial charge in [-0.2, -0.15) is 0 Å². The van der Waals surface area contributed by atoms with Gasteiger partial charge >= 0.3 is 0 Å². The first kappa shape index (κ1) is 17.6. The summed E-state index contributed by atoms with van der Waals surface area (Å²) in [5, 5.41) is 0.197. The van der Waals surface area contributed by atoms with Crippen molar-refractivity contribution in [3.05, 3.63) is 12.2 Å². The first-order chi connectivity index (χ1) is 8.10. The van der Waals surface area contributed by atoms with E-state index in [0.29, 0.717) is 6.42 Å². The van der Waals surface area contributed by atoms with Crippen LogP contribution in [0.4, 0.5) is 0 Å². The van der Waals surface area contributed by atoms with Crippen LogP contribution in [0.1, 0.15) is 53.9 Å². The van der Waals surface area contributed by atoms with Gasteiger partial charge < -0.3 is 4.43 Å². The Balaban J connectivity index is 4.62. The van der Waals surface area contributed by atoms with Gasteiger partial charge in [0.15, 0.2) is 8.32 Å². The van der Waals surface area contributed by atoms with E-state index in [-0.39, 0.29) is 16.9 Å². The predicted molar refractivity (Wildman–Crippen MR) is 81.4 cm³/mol. The summed E-state index contributed by atoms with van der Waals surface area (Å²) in [5.74, 6) is 0.221. The van der Waals surface area contributed by atoms with Crippen LogP contribution in [0.5, 0.6) is 0 Å². The first-order valence-electron chi connectivity index (χ1n) is 6.88. The second kappa shape index (κ2) is 7.24. The van der Waals surface area contributed by atoms with Crippen molar-refractivity contribution in [1.29, 1.82) is 0 Å². The van der Waals surface area contributed by atoms with Gasteiger partial charge in [-0.05, 0) is 44.8 Å². The van der Waals surface area contributed by atoms with Crippen LogP contribution in [0, 0.1) is 0 Å². The Morgan fingerprint density at radius 2 is 1.89 bits per heavy atom. The monoisotopic (exact) mass is 270 g/mol. The van der Waals surface area contributed by atoms with Gasteiger partial charge in [0.2, 0.25) is 0 Å². The molecule has 0 saturated heterocycles. The minimum Gasteiger partial charge on any atom is -0.413 e. The Morgan fingerprint density at radius 3 is 2.28 bits per heavy atom. The van der Waals surface area contributed by atoms with Crippen molar-refractivity contribution in [2.24, 2.45) is 0 Å². The van der Waals surface area contributed by atoms with E-state index in [4.69, 9.17) is 4.43 Å². The average Bonchev–Trinajstić information content (AvgIpc) is 2.14. The topological polar surface area (TPSA) is 26.3 Å². The molecule has 0 spiro atoms. The van der Waals surface area contributed by atoms with Gasteiger partial charge in [0.05, 0.1) is 6.10 Å². The van der Waals surface area contributed by atoms with E-state index in [9.17, 15) is 4.79 Å². The first-order valence-corrected chi connectivity index (χ1v) is 9.79. The van der Waals surface area contributed by atoms with E-state index in [2.05, 4.69) is 46.0 Å². The zero-order chi connectivity index (χ0) is 14.4. The van der Waals surface area contributed by atoms with Crippen LogP contribution < -0.4 is 0 Å². The van der Waals surface area contributed by atoms with E-state index >= 15 is 0 Å².